The Morgan fingerprint density at radius 3 is 0.920 bits per heavy atom. The zero-order chi connectivity index (χ0) is 57.8. The highest BCUT2D eigenvalue weighted by atomic mass is 16.5. The summed E-state index contributed by atoms with van der Waals surface area (Å²) in [6.45, 7) is 31.3. The lowest BCUT2D eigenvalue weighted by Gasteiger charge is -2.31. The van der Waals surface area contributed by atoms with Gasteiger partial charge < -0.3 is 9.47 Å². The Balaban J connectivity index is 0.000000999. The second-order valence-corrected chi connectivity index (χ2v) is 22.5. The predicted octanol–water partition coefficient (Wildman–Crippen LogP) is 15.8. The van der Waals surface area contributed by atoms with Gasteiger partial charge in [-0.2, -0.15) is 72.5 Å². The minimum absolute atomic E-state index is 0.0473. The third-order valence-corrected chi connectivity index (χ3v) is 11.2. The standard InChI is InChI=1S/C21H20N2.C16H28N4O2.C14H24N4.C8H12N4/c1-17(18-11-5-2-6-12-18)22-23-21(19-13-7-3-8-14-19)20-15-9-4-10-16-20;1-13(2,21-7)9-15(5,11-17)19-20-16(6,12-18)10-14(3,4)22-8;1-11(2)7-13(5,9-15)17-18-14(6,10-16)8-12(3)4;1-7(2,5-9)11-12-8(3,4)6-10/h2-17,21H,1H3;9-10H2,1-8H3;11-12H,7-8H2,1-6H3;1-4H3. The Morgan fingerprint density at radius 2 is 0.667 bits per heavy atom. The number of hydrogen-bond acceptors (Lipinski definition) is 16. The molecule has 3 rings (SSSR count). The molecule has 0 saturated heterocycles. The van der Waals surface area contributed by atoms with Crippen molar-refractivity contribution in [1.29, 1.82) is 31.6 Å². The molecule has 0 aliphatic carbocycles. The van der Waals surface area contributed by atoms with E-state index in [2.05, 4.69) is 109 Å². The minimum Gasteiger partial charge on any atom is -0.379 e. The van der Waals surface area contributed by atoms with Crippen molar-refractivity contribution >= 4 is 0 Å². The van der Waals surface area contributed by atoms with Gasteiger partial charge >= 0.3 is 0 Å². The number of nitriles is 6. The molecule has 0 spiro atoms. The molecular weight excluding hydrogens is 937 g/mol. The first kappa shape index (κ1) is 67.9. The molecule has 5 atom stereocenters. The SMILES string of the molecule is CC(C)(C#N)N=NC(C)(C)C#N.CC(C)CC(C)(C#N)N=NC(C)(C#N)CC(C)C.CC(N=NC(c1ccccc1)c1ccccc1)c1ccccc1.COC(C)(C)CC(C)(C#N)N=NC(C)(C#N)CC(C)(C)OC. The molecule has 0 bridgehead atoms. The van der Waals surface area contributed by atoms with Gasteiger partial charge in [-0.15, -0.1) is 0 Å². The molecule has 402 valence electrons. The molecule has 0 heterocycles. The number of azo groups is 4. The third kappa shape index (κ3) is 27.7. The summed E-state index contributed by atoms with van der Waals surface area (Å²) in [5, 5.41) is 87.8. The van der Waals surface area contributed by atoms with Crippen molar-refractivity contribution in [2.45, 2.75) is 200 Å². The molecular formula is C59H84N14O2. The van der Waals surface area contributed by atoms with E-state index in [1.165, 1.54) is 5.56 Å². The number of rotatable bonds is 21. The first-order chi connectivity index (χ1) is 34.7. The number of nitrogens with zero attached hydrogens (tertiary/aromatic N) is 14. The van der Waals surface area contributed by atoms with Gasteiger partial charge in [0.25, 0.3) is 0 Å². The van der Waals surface area contributed by atoms with Crippen LogP contribution < -0.4 is 0 Å². The van der Waals surface area contributed by atoms with Gasteiger partial charge in [0.05, 0.1) is 53.7 Å². The molecule has 0 aliphatic heterocycles. The Hall–Kier alpha value is -7.08. The van der Waals surface area contributed by atoms with Gasteiger partial charge in [-0.05, 0) is 131 Å². The zero-order valence-corrected chi connectivity index (χ0v) is 48.4. The molecule has 0 fully saturated rings. The van der Waals surface area contributed by atoms with E-state index in [-0.39, 0.29) is 12.1 Å². The normalized spacial score (nSPS) is 15.6. The molecule has 16 heteroatoms. The first-order valence-corrected chi connectivity index (χ1v) is 25.1. The van der Waals surface area contributed by atoms with Crippen molar-refractivity contribution in [2.24, 2.45) is 52.7 Å². The molecule has 16 nitrogen and oxygen atoms in total. The Bertz CT molecular complexity index is 2400. The van der Waals surface area contributed by atoms with Crippen LogP contribution in [0.4, 0.5) is 0 Å². The van der Waals surface area contributed by atoms with Crippen molar-refractivity contribution in [3.8, 4) is 36.4 Å². The molecule has 5 unspecified atom stereocenters. The molecule has 0 aliphatic rings. The Kier molecular flexibility index (Phi) is 28.0. The third-order valence-electron chi connectivity index (χ3n) is 11.2. The van der Waals surface area contributed by atoms with E-state index >= 15 is 0 Å². The van der Waals surface area contributed by atoms with Crippen molar-refractivity contribution in [3.63, 3.8) is 0 Å². The van der Waals surface area contributed by atoms with Crippen LogP contribution in [0, 0.1) is 79.8 Å². The van der Waals surface area contributed by atoms with Crippen LogP contribution in [0.5, 0.6) is 0 Å². The molecule has 0 aromatic heterocycles. The minimum atomic E-state index is -1.05. The van der Waals surface area contributed by atoms with Crippen LogP contribution in [0.1, 0.15) is 172 Å². The number of benzene rings is 3. The summed E-state index contributed by atoms with van der Waals surface area (Å²) in [4.78, 5) is 0. The molecule has 75 heavy (non-hydrogen) atoms. The molecule has 3 aromatic rings. The summed E-state index contributed by atoms with van der Waals surface area (Å²) in [5.74, 6) is 0.735. The van der Waals surface area contributed by atoms with E-state index in [1.54, 1.807) is 69.6 Å². The quantitative estimate of drug-likeness (QED) is 0.0924. The predicted molar refractivity (Wildman–Crippen MR) is 295 cm³/mol. The molecule has 0 N–H and O–H groups in total. The topological polar surface area (TPSA) is 260 Å². The van der Waals surface area contributed by atoms with Crippen LogP contribution >= 0.6 is 0 Å². The van der Waals surface area contributed by atoms with Gasteiger partial charge in [-0.3, -0.25) is 0 Å². The molecule has 3 aromatic carbocycles. The van der Waals surface area contributed by atoms with Crippen LogP contribution in [0.2, 0.25) is 0 Å². The van der Waals surface area contributed by atoms with Gasteiger partial charge in [0, 0.05) is 27.1 Å². The summed E-state index contributed by atoms with van der Waals surface area (Å²) in [6.07, 6.45) is 2.06. The van der Waals surface area contributed by atoms with Gasteiger partial charge in [-0.25, -0.2) is 0 Å². The number of methoxy groups -OCH3 is 2. The maximum Gasteiger partial charge on any atom is 0.167 e. The highest BCUT2D eigenvalue weighted by Gasteiger charge is 2.37. The first-order valence-electron chi connectivity index (χ1n) is 25.1. The van der Waals surface area contributed by atoms with Crippen LogP contribution in [-0.2, 0) is 9.47 Å². The fraction of sp³-hybridized carbons (Fsp3) is 0.593. The summed E-state index contributed by atoms with van der Waals surface area (Å²) < 4.78 is 10.7. The molecule has 0 saturated carbocycles. The fourth-order valence-electron chi connectivity index (χ4n) is 7.10. The van der Waals surface area contributed by atoms with E-state index in [1.807, 2.05) is 122 Å². The van der Waals surface area contributed by atoms with E-state index < -0.39 is 44.4 Å². The van der Waals surface area contributed by atoms with E-state index in [0.717, 1.165) is 11.1 Å². The lowest BCUT2D eigenvalue weighted by molar-refractivity contribution is 0.000704. The van der Waals surface area contributed by atoms with Gasteiger partial charge in [0.2, 0.25) is 0 Å². The fourth-order valence-corrected chi connectivity index (χ4v) is 7.10. The van der Waals surface area contributed by atoms with Crippen LogP contribution in [0.25, 0.3) is 0 Å². The Morgan fingerprint density at radius 1 is 0.387 bits per heavy atom. The van der Waals surface area contributed by atoms with E-state index in [9.17, 15) is 21.0 Å². The average molecular weight is 1020 g/mol. The number of ether oxygens (including phenoxy) is 2. The van der Waals surface area contributed by atoms with Crippen LogP contribution in [0.3, 0.4) is 0 Å². The van der Waals surface area contributed by atoms with Gasteiger partial charge in [0.15, 0.2) is 33.2 Å². The van der Waals surface area contributed by atoms with Crippen molar-refractivity contribution in [3.05, 3.63) is 108 Å². The second-order valence-electron chi connectivity index (χ2n) is 22.5. The Labute approximate surface area is 450 Å². The van der Waals surface area contributed by atoms with Gasteiger partial charge in [0.1, 0.15) is 6.04 Å². The largest absolute Gasteiger partial charge is 0.379 e. The molecule has 0 radical (unpaired) electrons. The maximum absolute atomic E-state index is 9.43. The van der Waals surface area contributed by atoms with E-state index in [0.29, 0.717) is 37.5 Å². The summed E-state index contributed by atoms with van der Waals surface area (Å²) in [5.41, 5.74) is -2.95. The lowest BCUT2D eigenvalue weighted by atomic mass is 9.88. The summed E-state index contributed by atoms with van der Waals surface area (Å²) in [6, 6.07) is 43.5. The van der Waals surface area contributed by atoms with Crippen LogP contribution in [0.15, 0.2) is 132 Å². The van der Waals surface area contributed by atoms with E-state index in [4.69, 9.17) is 20.0 Å². The maximum atomic E-state index is 9.43. The highest BCUT2D eigenvalue weighted by Crippen LogP contribution is 2.32. The lowest BCUT2D eigenvalue weighted by Crippen LogP contribution is -2.37. The summed E-state index contributed by atoms with van der Waals surface area (Å²) in [7, 11) is 3.19. The number of hydrogen-bond donors (Lipinski definition) is 0. The summed E-state index contributed by atoms with van der Waals surface area (Å²) >= 11 is 0. The van der Waals surface area contributed by atoms with Crippen molar-refractivity contribution in [2.75, 3.05) is 14.2 Å². The zero-order valence-electron chi connectivity index (χ0n) is 48.4. The average Bonchev–Trinajstić information content (AvgIpc) is 3.38. The second kappa shape index (κ2) is 31.0. The van der Waals surface area contributed by atoms with Crippen molar-refractivity contribution < 1.29 is 9.47 Å². The van der Waals surface area contributed by atoms with Crippen LogP contribution in [-0.4, -0.2) is 58.7 Å². The smallest absolute Gasteiger partial charge is 0.167 e. The highest BCUT2D eigenvalue weighted by molar-refractivity contribution is 5.31. The van der Waals surface area contributed by atoms with Gasteiger partial charge in [-0.1, -0.05) is 119 Å². The monoisotopic (exact) mass is 1020 g/mol. The molecule has 0 amide bonds. The van der Waals surface area contributed by atoms with Crippen molar-refractivity contribution in [1.82, 2.24) is 0 Å².